The van der Waals surface area contributed by atoms with Crippen LogP contribution >= 0.6 is 0 Å². The molecule has 0 aliphatic heterocycles. The number of hydrogen-bond donors (Lipinski definition) is 3. The van der Waals surface area contributed by atoms with E-state index in [0.29, 0.717) is 18.1 Å². The molecule has 0 bridgehead atoms. The smallest absolute Gasteiger partial charge is 0.319 e. The molecule has 0 radical (unpaired) electrons. The molecule has 0 aliphatic rings. The standard InChI is InChI=1S/C14H22N4O3/c1-4-10(3)17-12(19)9-21-13-7-6-11(8-16-13)18-14(20)15-5-2/h6-8,10H,4-5,9H2,1-3H3,(H,17,19)(H2,15,18,20)/t10-/m0/s1. The number of aromatic nitrogens is 1. The fourth-order valence-electron chi connectivity index (χ4n) is 1.43. The Bertz CT molecular complexity index is 462. The van der Waals surface area contributed by atoms with Gasteiger partial charge in [0.05, 0.1) is 11.9 Å². The van der Waals surface area contributed by atoms with Gasteiger partial charge in [0.15, 0.2) is 6.61 Å². The number of urea groups is 1. The molecule has 1 heterocycles. The molecular formula is C14H22N4O3. The Morgan fingerprint density at radius 3 is 2.67 bits per heavy atom. The van der Waals surface area contributed by atoms with Gasteiger partial charge < -0.3 is 20.7 Å². The third-order valence-electron chi connectivity index (χ3n) is 2.70. The van der Waals surface area contributed by atoms with Crippen LogP contribution in [0.4, 0.5) is 10.5 Å². The molecule has 7 nitrogen and oxygen atoms in total. The van der Waals surface area contributed by atoms with Crippen molar-refractivity contribution in [2.24, 2.45) is 0 Å². The van der Waals surface area contributed by atoms with Crippen molar-refractivity contribution in [2.75, 3.05) is 18.5 Å². The van der Waals surface area contributed by atoms with Crippen LogP contribution in [0.25, 0.3) is 0 Å². The van der Waals surface area contributed by atoms with Crippen molar-refractivity contribution in [3.63, 3.8) is 0 Å². The third kappa shape index (κ3) is 6.60. The lowest BCUT2D eigenvalue weighted by molar-refractivity contribution is -0.123. The van der Waals surface area contributed by atoms with Gasteiger partial charge in [0.2, 0.25) is 5.88 Å². The second-order valence-electron chi connectivity index (χ2n) is 4.54. The second kappa shape index (κ2) is 8.78. The zero-order valence-corrected chi connectivity index (χ0v) is 12.6. The lowest BCUT2D eigenvalue weighted by Crippen LogP contribution is -2.35. The van der Waals surface area contributed by atoms with Crippen LogP contribution in [0.2, 0.25) is 0 Å². The molecule has 0 fully saturated rings. The second-order valence-corrected chi connectivity index (χ2v) is 4.54. The summed E-state index contributed by atoms with van der Waals surface area (Å²) in [6.07, 6.45) is 2.33. The highest BCUT2D eigenvalue weighted by molar-refractivity contribution is 5.88. The van der Waals surface area contributed by atoms with Gasteiger partial charge in [-0.15, -0.1) is 0 Å². The monoisotopic (exact) mass is 294 g/mol. The summed E-state index contributed by atoms with van der Waals surface area (Å²) in [5, 5.41) is 8.03. The van der Waals surface area contributed by atoms with E-state index in [1.54, 1.807) is 12.1 Å². The van der Waals surface area contributed by atoms with Crippen molar-refractivity contribution in [3.8, 4) is 5.88 Å². The molecule has 0 aromatic carbocycles. The van der Waals surface area contributed by atoms with Crippen molar-refractivity contribution >= 4 is 17.6 Å². The van der Waals surface area contributed by atoms with Crippen molar-refractivity contribution < 1.29 is 14.3 Å². The van der Waals surface area contributed by atoms with Gasteiger partial charge in [-0.1, -0.05) is 6.92 Å². The van der Waals surface area contributed by atoms with E-state index in [9.17, 15) is 9.59 Å². The molecule has 3 N–H and O–H groups in total. The summed E-state index contributed by atoms with van der Waals surface area (Å²) in [7, 11) is 0. The zero-order valence-electron chi connectivity index (χ0n) is 12.6. The average molecular weight is 294 g/mol. The number of nitrogens with one attached hydrogen (secondary N) is 3. The Balaban J connectivity index is 2.40. The van der Waals surface area contributed by atoms with E-state index >= 15 is 0 Å². The predicted octanol–water partition coefficient (Wildman–Crippen LogP) is 1.52. The first-order valence-corrected chi connectivity index (χ1v) is 6.98. The van der Waals surface area contributed by atoms with Gasteiger partial charge in [0.1, 0.15) is 0 Å². The quantitative estimate of drug-likeness (QED) is 0.711. The molecule has 0 saturated carbocycles. The summed E-state index contributed by atoms with van der Waals surface area (Å²) >= 11 is 0. The summed E-state index contributed by atoms with van der Waals surface area (Å²) in [6, 6.07) is 3.08. The van der Waals surface area contributed by atoms with Crippen LogP contribution in [0.3, 0.4) is 0 Å². The first-order chi connectivity index (χ1) is 10.0. The van der Waals surface area contributed by atoms with Gasteiger partial charge in [-0.3, -0.25) is 4.79 Å². The molecule has 0 saturated heterocycles. The molecule has 1 aromatic rings. The van der Waals surface area contributed by atoms with Crippen LogP contribution in [0.15, 0.2) is 18.3 Å². The number of amides is 3. The maximum Gasteiger partial charge on any atom is 0.319 e. The minimum atomic E-state index is -0.291. The predicted molar refractivity (Wildman–Crippen MR) is 80.3 cm³/mol. The fraction of sp³-hybridized carbons (Fsp3) is 0.500. The highest BCUT2D eigenvalue weighted by atomic mass is 16.5. The molecule has 21 heavy (non-hydrogen) atoms. The van der Waals surface area contributed by atoms with E-state index in [1.165, 1.54) is 6.20 Å². The van der Waals surface area contributed by atoms with Crippen molar-refractivity contribution in [3.05, 3.63) is 18.3 Å². The molecule has 0 aliphatic carbocycles. The van der Waals surface area contributed by atoms with Crippen LogP contribution in [0.5, 0.6) is 5.88 Å². The third-order valence-corrected chi connectivity index (χ3v) is 2.70. The number of anilines is 1. The summed E-state index contributed by atoms with van der Waals surface area (Å²) in [4.78, 5) is 26.9. The number of nitrogens with zero attached hydrogens (tertiary/aromatic N) is 1. The van der Waals surface area contributed by atoms with Gasteiger partial charge in [-0.25, -0.2) is 9.78 Å². The van der Waals surface area contributed by atoms with Gasteiger partial charge in [0.25, 0.3) is 5.91 Å². The number of rotatable bonds is 7. The molecule has 3 amide bonds. The largest absolute Gasteiger partial charge is 0.468 e. The Kier molecular flexibility index (Phi) is 7.00. The van der Waals surface area contributed by atoms with Gasteiger partial charge >= 0.3 is 6.03 Å². The van der Waals surface area contributed by atoms with E-state index in [1.807, 2.05) is 20.8 Å². The fourth-order valence-corrected chi connectivity index (χ4v) is 1.43. The maximum absolute atomic E-state index is 11.5. The molecule has 1 aromatic heterocycles. The molecule has 7 heteroatoms. The van der Waals surface area contributed by atoms with E-state index in [0.717, 1.165) is 6.42 Å². The van der Waals surface area contributed by atoms with E-state index < -0.39 is 0 Å². The number of carbonyl (C=O) groups excluding carboxylic acids is 2. The molecule has 0 spiro atoms. The van der Waals surface area contributed by atoms with Gasteiger partial charge in [-0.2, -0.15) is 0 Å². The molecule has 0 unspecified atom stereocenters. The Morgan fingerprint density at radius 2 is 2.10 bits per heavy atom. The highest BCUT2D eigenvalue weighted by Gasteiger charge is 2.07. The highest BCUT2D eigenvalue weighted by Crippen LogP contribution is 2.11. The zero-order chi connectivity index (χ0) is 15.7. The minimum absolute atomic E-state index is 0.0829. The van der Waals surface area contributed by atoms with E-state index in [4.69, 9.17) is 4.74 Å². The summed E-state index contributed by atoms with van der Waals surface area (Å²) in [5.74, 6) is 0.145. The van der Waals surface area contributed by atoms with Crippen LogP contribution in [-0.2, 0) is 4.79 Å². The summed E-state index contributed by atoms with van der Waals surface area (Å²) in [6.45, 7) is 6.22. The van der Waals surface area contributed by atoms with Gasteiger partial charge in [-0.05, 0) is 26.3 Å². The van der Waals surface area contributed by atoms with Crippen LogP contribution in [-0.4, -0.2) is 36.1 Å². The van der Waals surface area contributed by atoms with Crippen molar-refractivity contribution in [1.82, 2.24) is 15.6 Å². The molecule has 1 rings (SSSR count). The minimum Gasteiger partial charge on any atom is -0.468 e. The number of carbonyl (C=O) groups is 2. The Labute approximate surface area is 124 Å². The normalized spacial score (nSPS) is 11.4. The lowest BCUT2D eigenvalue weighted by Gasteiger charge is -2.11. The maximum atomic E-state index is 11.5. The first-order valence-electron chi connectivity index (χ1n) is 6.98. The SMILES string of the molecule is CCNC(=O)Nc1ccc(OCC(=O)N[C@@H](C)CC)nc1. The van der Waals surface area contributed by atoms with E-state index in [-0.39, 0.29) is 24.6 Å². The van der Waals surface area contributed by atoms with Crippen molar-refractivity contribution in [2.45, 2.75) is 33.2 Å². The lowest BCUT2D eigenvalue weighted by atomic mass is 10.2. The topological polar surface area (TPSA) is 92.4 Å². The summed E-state index contributed by atoms with van der Waals surface area (Å²) < 4.78 is 5.27. The summed E-state index contributed by atoms with van der Waals surface area (Å²) in [5.41, 5.74) is 0.553. The van der Waals surface area contributed by atoms with Gasteiger partial charge in [0, 0.05) is 18.7 Å². The molecular weight excluding hydrogens is 272 g/mol. The van der Waals surface area contributed by atoms with Crippen LogP contribution in [0, 0.1) is 0 Å². The molecule has 1 atom stereocenters. The van der Waals surface area contributed by atoms with Crippen LogP contribution < -0.4 is 20.7 Å². The number of pyridine rings is 1. The average Bonchev–Trinajstić information content (AvgIpc) is 2.46. The van der Waals surface area contributed by atoms with Crippen molar-refractivity contribution in [1.29, 1.82) is 0 Å². The van der Waals surface area contributed by atoms with Crippen LogP contribution in [0.1, 0.15) is 27.2 Å². The Morgan fingerprint density at radius 1 is 1.33 bits per heavy atom. The number of hydrogen-bond acceptors (Lipinski definition) is 4. The first kappa shape index (κ1) is 16.7. The molecule has 116 valence electrons. The Hall–Kier alpha value is -2.31. The van der Waals surface area contributed by atoms with E-state index in [2.05, 4.69) is 20.9 Å². The number of ether oxygens (including phenoxy) is 1.